The molecule has 0 spiro atoms. The molecular weight excluding hydrogens is 196 g/mol. The number of benzene rings is 1. The Labute approximate surface area is 95.4 Å². The van der Waals surface area contributed by atoms with E-state index in [9.17, 15) is 0 Å². The van der Waals surface area contributed by atoms with Gasteiger partial charge in [-0.1, -0.05) is 24.3 Å². The quantitative estimate of drug-likeness (QED) is 0.723. The van der Waals surface area contributed by atoms with Gasteiger partial charge in [0.05, 0.1) is 0 Å². The molecule has 80 valence electrons. The van der Waals surface area contributed by atoms with Gasteiger partial charge in [-0.15, -0.1) is 0 Å². The summed E-state index contributed by atoms with van der Waals surface area (Å²) in [6.45, 7) is 0. The first kappa shape index (κ1) is 9.52. The van der Waals surface area contributed by atoms with Crippen LogP contribution in [0.15, 0.2) is 42.7 Å². The Hall–Kier alpha value is -1.70. The lowest BCUT2D eigenvalue weighted by atomic mass is 9.83. The summed E-state index contributed by atoms with van der Waals surface area (Å²) in [4.78, 5) is 8.73. The topological polar surface area (TPSA) is 25.8 Å². The van der Waals surface area contributed by atoms with Crippen molar-refractivity contribution in [3.63, 3.8) is 0 Å². The van der Waals surface area contributed by atoms with Gasteiger partial charge >= 0.3 is 0 Å². The van der Waals surface area contributed by atoms with Crippen molar-refractivity contribution < 1.29 is 0 Å². The van der Waals surface area contributed by atoms with Gasteiger partial charge in [0.25, 0.3) is 0 Å². The molecular formula is C14H14N2. The number of rotatable bonds is 1. The van der Waals surface area contributed by atoms with Gasteiger partial charge in [-0.25, -0.2) is 9.97 Å². The highest BCUT2D eigenvalue weighted by Gasteiger charge is 2.21. The van der Waals surface area contributed by atoms with Crippen LogP contribution in [0.5, 0.6) is 0 Å². The smallest absolute Gasteiger partial charge is 0.131 e. The fourth-order valence-corrected chi connectivity index (χ4v) is 2.44. The summed E-state index contributed by atoms with van der Waals surface area (Å²) in [6.07, 6.45) is 7.08. The second-order valence-corrected chi connectivity index (χ2v) is 4.32. The largest absolute Gasteiger partial charge is 0.241 e. The molecule has 0 aliphatic heterocycles. The molecule has 0 fully saturated rings. The Bertz CT molecular complexity index is 479. The fraction of sp³-hybridized carbons (Fsp3) is 0.286. The molecule has 1 heterocycles. The molecule has 2 heteroatoms. The first-order chi connectivity index (χ1) is 7.93. The zero-order valence-electron chi connectivity index (χ0n) is 9.13. The van der Waals surface area contributed by atoms with Crippen molar-refractivity contribution in [1.82, 2.24) is 9.97 Å². The molecule has 1 aliphatic rings. The molecule has 0 N–H and O–H groups in total. The maximum atomic E-state index is 4.36. The van der Waals surface area contributed by atoms with Crippen LogP contribution in [0.1, 0.15) is 29.3 Å². The highest BCUT2D eigenvalue weighted by Crippen LogP contribution is 2.30. The Morgan fingerprint density at radius 3 is 2.50 bits per heavy atom. The lowest BCUT2D eigenvalue weighted by Crippen LogP contribution is -2.14. The number of hydrogen-bond acceptors (Lipinski definition) is 2. The predicted octanol–water partition coefficient (Wildman–Crippen LogP) is 2.75. The lowest BCUT2D eigenvalue weighted by molar-refractivity contribution is 0.555. The maximum absolute atomic E-state index is 4.36. The summed E-state index contributed by atoms with van der Waals surface area (Å²) in [5.41, 5.74) is 2.96. The third-order valence-electron chi connectivity index (χ3n) is 3.30. The SMILES string of the molecule is c1cnc([C@H]2CCc3ccccc3C2)nc1. The molecule has 2 nitrogen and oxygen atoms in total. The molecule has 0 unspecified atom stereocenters. The van der Waals surface area contributed by atoms with Crippen LogP contribution in [0, 0.1) is 0 Å². The van der Waals surface area contributed by atoms with Crippen molar-refractivity contribution >= 4 is 0 Å². The second-order valence-electron chi connectivity index (χ2n) is 4.32. The standard InChI is InChI=1S/C14H14N2/c1-2-5-12-10-13(7-6-11(12)4-1)14-15-8-3-9-16-14/h1-5,8-9,13H,6-7,10H2/t13-/m0/s1. The summed E-state index contributed by atoms with van der Waals surface area (Å²) in [7, 11) is 0. The van der Waals surface area contributed by atoms with E-state index in [1.807, 2.05) is 18.5 Å². The third kappa shape index (κ3) is 1.71. The van der Waals surface area contributed by atoms with E-state index in [4.69, 9.17) is 0 Å². The van der Waals surface area contributed by atoms with Crippen LogP contribution in [0.3, 0.4) is 0 Å². The van der Waals surface area contributed by atoms with E-state index in [2.05, 4.69) is 34.2 Å². The van der Waals surface area contributed by atoms with Crippen LogP contribution in [0.25, 0.3) is 0 Å². The number of nitrogens with zero attached hydrogens (tertiary/aromatic N) is 2. The Morgan fingerprint density at radius 1 is 0.938 bits per heavy atom. The highest BCUT2D eigenvalue weighted by molar-refractivity contribution is 5.31. The van der Waals surface area contributed by atoms with Crippen molar-refractivity contribution in [3.05, 3.63) is 59.7 Å². The van der Waals surface area contributed by atoms with Crippen molar-refractivity contribution in [2.24, 2.45) is 0 Å². The van der Waals surface area contributed by atoms with Crippen LogP contribution in [0.4, 0.5) is 0 Å². The summed E-state index contributed by atoms with van der Waals surface area (Å²) < 4.78 is 0. The van der Waals surface area contributed by atoms with E-state index in [1.54, 1.807) is 0 Å². The summed E-state index contributed by atoms with van der Waals surface area (Å²) in [5, 5.41) is 0. The van der Waals surface area contributed by atoms with E-state index >= 15 is 0 Å². The Morgan fingerprint density at radius 2 is 1.69 bits per heavy atom. The Kier molecular flexibility index (Phi) is 2.41. The van der Waals surface area contributed by atoms with Gasteiger partial charge in [-0.2, -0.15) is 0 Å². The fourth-order valence-electron chi connectivity index (χ4n) is 2.44. The van der Waals surface area contributed by atoms with Crippen LogP contribution >= 0.6 is 0 Å². The molecule has 2 aromatic rings. The second kappa shape index (κ2) is 4.05. The van der Waals surface area contributed by atoms with Crippen molar-refractivity contribution in [3.8, 4) is 0 Å². The highest BCUT2D eigenvalue weighted by atomic mass is 14.9. The van der Waals surface area contributed by atoms with Gasteiger partial charge in [-0.3, -0.25) is 0 Å². The van der Waals surface area contributed by atoms with E-state index in [0.29, 0.717) is 5.92 Å². The number of fused-ring (bicyclic) bond motifs is 1. The van der Waals surface area contributed by atoms with E-state index in [1.165, 1.54) is 17.5 Å². The van der Waals surface area contributed by atoms with E-state index in [-0.39, 0.29) is 0 Å². The molecule has 1 aliphatic carbocycles. The molecule has 0 amide bonds. The van der Waals surface area contributed by atoms with Gasteiger partial charge in [0.15, 0.2) is 0 Å². The van der Waals surface area contributed by atoms with Crippen molar-refractivity contribution in [2.75, 3.05) is 0 Å². The summed E-state index contributed by atoms with van der Waals surface area (Å²) in [6, 6.07) is 10.6. The average Bonchev–Trinajstić information content (AvgIpc) is 2.39. The van der Waals surface area contributed by atoms with Crippen LogP contribution in [0.2, 0.25) is 0 Å². The molecule has 1 aromatic heterocycles. The molecule has 0 bridgehead atoms. The molecule has 16 heavy (non-hydrogen) atoms. The van der Waals surface area contributed by atoms with Crippen molar-refractivity contribution in [1.29, 1.82) is 0 Å². The first-order valence-corrected chi connectivity index (χ1v) is 5.77. The van der Waals surface area contributed by atoms with Gasteiger partial charge < -0.3 is 0 Å². The zero-order valence-corrected chi connectivity index (χ0v) is 9.13. The maximum Gasteiger partial charge on any atom is 0.131 e. The molecule has 1 atom stereocenters. The average molecular weight is 210 g/mol. The Balaban J connectivity index is 1.89. The van der Waals surface area contributed by atoms with Gasteiger partial charge in [-0.05, 0) is 36.5 Å². The number of aromatic nitrogens is 2. The lowest BCUT2D eigenvalue weighted by Gasteiger charge is -2.23. The van der Waals surface area contributed by atoms with E-state index in [0.717, 1.165) is 18.7 Å². The third-order valence-corrected chi connectivity index (χ3v) is 3.30. The van der Waals surface area contributed by atoms with Gasteiger partial charge in [0, 0.05) is 18.3 Å². The summed E-state index contributed by atoms with van der Waals surface area (Å²) >= 11 is 0. The normalized spacial score (nSPS) is 19.1. The minimum absolute atomic E-state index is 0.496. The molecule has 0 saturated heterocycles. The zero-order chi connectivity index (χ0) is 10.8. The van der Waals surface area contributed by atoms with Crippen LogP contribution in [-0.4, -0.2) is 9.97 Å². The monoisotopic (exact) mass is 210 g/mol. The molecule has 3 rings (SSSR count). The van der Waals surface area contributed by atoms with Gasteiger partial charge in [0.1, 0.15) is 5.82 Å². The number of hydrogen-bond donors (Lipinski definition) is 0. The minimum atomic E-state index is 0.496. The van der Waals surface area contributed by atoms with Crippen LogP contribution < -0.4 is 0 Å². The molecule has 1 aromatic carbocycles. The number of aryl methyl sites for hydroxylation is 1. The van der Waals surface area contributed by atoms with Crippen LogP contribution in [-0.2, 0) is 12.8 Å². The minimum Gasteiger partial charge on any atom is -0.241 e. The first-order valence-electron chi connectivity index (χ1n) is 5.77. The summed E-state index contributed by atoms with van der Waals surface area (Å²) in [5.74, 6) is 1.49. The molecule has 0 saturated carbocycles. The van der Waals surface area contributed by atoms with Crippen molar-refractivity contribution in [2.45, 2.75) is 25.2 Å². The molecule has 0 radical (unpaired) electrons. The predicted molar refractivity (Wildman–Crippen MR) is 63.2 cm³/mol. The van der Waals surface area contributed by atoms with E-state index < -0.39 is 0 Å². The van der Waals surface area contributed by atoms with Gasteiger partial charge in [0.2, 0.25) is 0 Å².